The number of hydrogen-bond donors (Lipinski definition) is 2. The lowest BCUT2D eigenvalue weighted by molar-refractivity contribution is 0.0708. The Bertz CT molecular complexity index is 1250. The molecule has 2 aliphatic heterocycles. The molecule has 184 valence electrons. The van der Waals surface area contributed by atoms with Crippen LogP contribution in [0.2, 0.25) is 10.0 Å². The molecule has 2 amide bonds. The first-order valence-electron chi connectivity index (χ1n) is 12.2. The summed E-state index contributed by atoms with van der Waals surface area (Å²) in [6, 6.07) is 10.2. The van der Waals surface area contributed by atoms with Crippen molar-refractivity contribution in [2.75, 3.05) is 26.2 Å². The van der Waals surface area contributed by atoms with Crippen LogP contribution in [0.4, 0.5) is 0 Å². The van der Waals surface area contributed by atoms with Crippen molar-refractivity contribution in [3.8, 4) is 0 Å². The first-order valence-corrected chi connectivity index (χ1v) is 12.9. The zero-order valence-corrected chi connectivity index (χ0v) is 21.2. The van der Waals surface area contributed by atoms with Crippen LogP contribution in [0, 0.1) is 0 Å². The number of hydrogen-bond acceptors (Lipinski definition) is 4. The number of likely N-dealkylation sites (tertiary alicyclic amines) is 2. The molecule has 9 heteroatoms. The van der Waals surface area contributed by atoms with Gasteiger partial charge in [-0.25, -0.2) is 4.98 Å². The van der Waals surface area contributed by atoms with Crippen molar-refractivity contribution in [3.05, 3.63) is 63.4 Å². The van der Waals surface area contributed by atoms with Crippen molar-refractivity contribution < 1.29 is 9.59 Å². The number of imidazole rings is 1. The standard InChI is InChI=1S/C26H29Cl2N5O2/c1-16(24-30-22-9-7-18(27)14-23(22)31-24)29-25(34)17-6-8-20(21(28)13-17)26(35)33-12-4-5-19(33)15-32-10-2-3-11-32/h6-9,13-14,16,19H,2-5,10-12,15H2,1H3,(H,29,34)(H,30,31)/t16-,19-/m0/s1. The normalized spacial score (nSPS) is 19.4. The average Bonchev–Trinajstić information content (AvgIpc) is 3.59. The quantitative estimate of drug-likeness (QED) is 0.482. The van der Waals surface area contributed by atoms with Crippen LogP contribution in [0.15, 0.2) is 36.4 Å². The Kier molecular flexibility index (Phi) is 7.00. The summed E-state index contributed by atoms with van der Waals surface area (Å²) < 4.78 is 0. The Morgan fingerprint density at radius 2 is 1.91 bits per heavy atom. The van der Waals surface area contributed by atoms with E-state index < -0.39 is 0 Å². The van der Waals surface area contributed by atoms with Gasteiger partial charge in [-0.2, -0.15) is 0 Å². The lowest BCUT2D eigenvalue weighted by Gasteiger charge is -2.29. The summed E-state index contributed by atoms with van der Waals surface area (Å²) in [6.07, 6.45) is 4.50. The zero-order valence-electron chi connectivity index (χ0n) is 19.7. The van der Waals surface area contributed by atoms with E-state index in [9.17, 15) is 9.59 Å². The van der Waals surface area contributed by atoms with Gasteiger partial charge in [-0.3, -0.25) is 9.59 Å². The van der Waals surface area contributed by atoms with Crippen LogP contribution in [-0.2, 0) is 0 Å². The highest BCUT2D eigenvalue weighted by atomic mass is 35.5. The van der Waals surface area contributed by atoms with Crippen LogP contribution in [0.25, 0.3) is 11.0 Å². The third kappa shape index (κ3) is 5.17. The highest BCUT2D eigenvalue weighted by Gasteiger charge is 2.32. The van der Waals surface area contributed by atoms with Gasteiger partial charge in [0.1, 0.15) is 5.82 Å². The summed E-state index contributed by atoms with van der Waals surface area (Å²) in [4.78, 5) is 38.3. The molecule has 2 N–H and O–H groups in total. The van der Waals surface area contributed by atoms with Crippen LogP contribution < -0.4 is 5.32 Å². The van der Waals surface area contributed by atoms with Gasteiger partial charge in [0, 0.05) is 29.7 Å². The predicted octanol–water partition coefficient (Wildman–Crippen LogP) is 5.06. The summed E-state index contributed by atoms with van der Waals surface area (Å²) in [5.41, 5.74) is 2.43. The first kappa shape index (κ1) is 24.1. The van der Waals surface area contributed by atoms with E-state index in [2.05, 4.69) is 20.2 Å². The molecular formula is C26H29Cl2N5O2. The minimum atomic E-state index is -0.357. The molecule has 7 nitrogen and oxygen atoms in total. The zero-order chi connectivity index (χ0) is 24.5. The fraction of sp³-hybridized carbons (Fsp3) is 0.423. The van der Waals surface area contributed by atoms with Gasteiger partial charge in [0.05, 0.1) is 27.7 Å². The molecule has 5 rings (SSSR count). The molecule has 35 heavy (non-hydrogen) atoms. The third-order valence-electron chi connectivity index (χ3n) is 6.99. The maximum atomic E-state index is 13.3. The summed E-state index contributed by atoms with van der Waals surface area (Å²) in [7, 11) is 0. The van der Waals surface area contributed by atoms with Gasteiger partial charge in [0.15, 0.2) is 0 Å². The van der Waals surface area contributed by atoms with Crippen LogP contribution in [-0.4, -0.2) is 63.8 Å². The minimum absolute atomic E-state index is 0.0574. The molecule has 0 spiro atoms. The van der Waals surface area contributed by atoms with Crippen LogP contribution in [0.3, 0.4) is 0 Å². The highest BCUT2D eigenvalue weighted by Crippen LogP contribution is 2.27. The second-order valence-electron chi connectivity index (χ2n) is 9.48. The molecule has 2 atom stereocenters. The molecule has 2 aromatic carbocycles. The number of fused-ring (bicyclic) bond motifs is 1. The fourth-order valence-corrected chi connectivity index (χ4v) is 5.53. The van der Waals surface area contributed by atoms with Crippen molar-refractivity contribution in [2.24, 2.45) is 0 Å². The molecule has 0 radical (unpaired) electrons. The van der Waals surface area contributed by atoms with E-state index in [-0.39, 0.29) is 23.9 Å². The molecule has 3 aromatic rings. The summed E-state index contributed by atoms with van der Waals surface area (Å²) in [5, 5.41) is 3.85. The maximum Gasteiger partial charge on any atom is 0.255 e. The largest absolute Gasteiger partial charge is 0.342 e. The Morgan fingerprint density at radius 3 is 2.69 bits per heavy atom. The first-order chi connectivity index (χ1) is 16.9. The van der Waals surface area contributed by atoms with Gasteiger partial charge in [-0.15, -0.1) is 0 Å². The van der Waals surface area contributed by atoms with Crippen molar-refractivity contribution in [3.63, 3.8) is 0 Å². The second-order valence-corrected chi connectivity index (χ2v) is 10.3. The molecular weight excluding hydrogens is 485 g/mol. The van der Waals surface area contributed by atoms with Crippen molar-refractivity contribution in [1.82, 2.24) is 25.1 Å². The van der Waals surface area contributed by atoms with Gasteiger partial charge in [0.25, 0.3) is 11.8 Å². The fourth-order valence-electron chi connectivity index (χ4n) is 5.10. The number of carbonyl (C=O) groups excluding carboxylic acids is 2. The Balaban J connectivity index is 1.26. The van der Waals surface area contributed by atoms with E-state index in [1.165, 1.54) is 12.8 Å². The number of aromatic nitrogens is 2. The number of amides is 2. The average molecular weight is 514 g/mol. The number of nitrogens with zero attached hydrogens (tertiary/aromatic N) is 3. The van der Waals surface area contributed by atoms with Crippen LogP contribution in [0.5, 0.6) is 0 Å². The minimum Gasteiger partial charge on any atom is -0.342 e. The van der Waals surface area contributed by atoms with Crippen LogP contribution >= 0.6 is 23.2 Å². The van der Waals surface area contributed by atoms with E-state index >= 15 is 0 Å². The third-order valence-corrected chi connectivity index (χ3v) is 7.54. The topological polar surface area (TPSA) is 81.3 Å². The van der Waals surface area contributed by atoms with E-state index in [1.807, 2.05) is 17.9 Å². The van der Waals surface area contributed by atoms with Crippen molar-refractivity contribution in [1.29, 1.82) is 0 Å². The molecule has 0 aliphatic carbocycles. The Hall–Kier alpha value is -2.61. The van der Waals surface area contributed by atoms with Gasteiger partial charge in [-0.05, 0) is 82.1 Å². The molecule has 2 aliphatic rings. The monoisotopic (exact) mass is 513 g/mol. The van der Waals surface area contributed by atoms with E-state index in [0.29, 0.717) is 27.0 Å². The molecule has 3 heterocycles. The highest BCUT2D eigenvalue weighted by molar-refractivity contribution is 6.34. The van der Waals surface area contributed by atoms with E-state index in [0.717, 1.165) is 50.1 Å². The molecule has 0 saturated carbocycles. The summed E-state index contributed by atoms with van der Waals surface area (Å²) in [6.45, 7) is 5.75. The van der Waals surface area contributed by atoms with E-state index in [4.69, 9.17) is 23.2 Å². The predicted molar refractivity (Wildman–Crippen MR) is 138 cm³/mol. The molecule has 1 aromatic heterocycles. The number of benzene rings is 2. The number of halogens is 2. The van der Waals surface area contributed by atoms with Gasteiger partial charge in [0.2, 0.25) is 0 Å². The number of rotatable bonds is 6. The van der Waals surface area contributed by atoms with Gasteiger partial charge >= 0.3 is 0 Å². The van der Waals surface area contributed by atoms with E-state index in [1.54, 1.807) is 30.3 Å². The van der Waals surface area contributed by atoms with Gasteiger partial charge < -0.3 is 20.1 Å². The Morgan fingerprint density at radius 1 is 1.11 bits per heavy atom. The lowest BCUT2D eigenvalue weighted by Crippen LogP contribution is -2.42. The van der Waals surface area contributed by atoms with Crippen molar-refractivity contribution >= 4 is 46.0 Å². The number of carbonyl (C=O) groups is 2. The van der Waals surface area contributed by atoms with Gasteiger partial charge in [-0.1, -0.05) is 23.2 Å². The van der Waals surface area contributed by atoms with Crippen molar-refractivity contribution in [2.45, 2.75) is 44.7 Å². The molecule has 2 saturated heterocycles. The lowest BCUT2D eigenvalue weighted by atomic mass is 10.1. The second kappa shape index (κ2) is 10.2. The maximum absolute atomic E-state index is 13.3. The molecule has 2 fully saturated rings. The Labute approximate surface area is 214 Å². The molecule has 0 unspecified atom stereocenters. The summed E-state index contributed by atoms with van der Waals surface area (Å²) >= 11 is 12.6. The smallest absolute Gasteiger partial charge is 0.255 e. The number of aromatic amines is 1. The van der Waals surface area contributed by atoms with Crippen LogP contribution in [0.1, 0.15) is 65.2 Å². The number of nitrogens with one attached hydrogen (secondary N) is 2. The number of H-pyrrole nitrogens is 1. The summed E-state index contributed by atoms with van der Waals surface area (Å²) in [5.74, 6) is 0.287. The SMILES string of the molecule is C[C@H](NC(=O)c1ccc(C(=O)N2CCC[C@H]2CN2CCCC2)c(Cl)c1)c1nc2ccc(Cl)cc2[nH]1. The molecule has 0 bridgehead atoms.